The van der Waals surface area contributed by atoms with Gasteiger partial charge in [0.2, 0.25) is 0 Å². The van der Waals surface area contributed by atoms with E-state index in [9.17, 15) is 26.3 Å². The van der Waals surface area contributed by atoms with E-state index in [4.69, 9.17) is 0 Å². The fraction of sp³-hybridized carbons (Fsp3) is 0.298. The summed E-state index contributed by atoms with van der Waals surface area (Å²) in [6, 6.07) is 19.9. The number of halogens is 8. The SMILES string of the molecule is CC1=CCC(C)(C)c2cc3c(cc21)-c1cc2c(cc1[CH]3[Zr+2]([C]1=CC=CC1)=[C](c1cccc(C(F)(F)F)c1)c1cccc(C(F)(F)F)c1)C(C)(C)CC=C2C.[Cl-].[Cl-]. The fourth-order valence-corrected chi connectivity index (χ4v) is 17.9. The van der Waals surface area contributed by atoms with Gasteiger partial charge in [-0.1, -0.05) is 0 Å². The Kier molecular flexibility index (Phi) is 11.2. The number of allylic oxidation sites excluding steroid dienone is 8. The topological polar surface area (TPSA) is 0 Å². The van der Waals surface area contributed by atoms with E-state index in [1.807, 2.05) is 6.08 Å². The normalized spacial score (nSPS) is 17.4. The van der Waals surface area contributed by atoms with E-state index in [1.54, 1.807) is 12.1 Å². The molecule has 0 saturated heterocycles. The minimum Gasteiger partial charge on any atom is -1.00 e. The van der Waals surface area contributed by atoms with Crippen LogP contribution < -0.4 is 24.8 Å². The molecule has 9 heteroatoms. The van der Waals surface area contributed by atoms with Crippen LogP contribution in [0.4, 0.5) is 26.3 Å². The second-order valence-corrected chi connectivity index (χ2v) is 22.9. The van der Waals surface area contributed by atoms with Crippen LogP contribution in [0, 0.1) is 0 Å². The molecular weight excluding hydrogens is 841 g/mol. The summed E-state index contributed by atoms with van der Waals surface area (Å²) in [5.74, 6) is 0. The molecule has 0 fully saturated rings. The van der Waals surface area contributed by atoms with Crippen molar-refractivity contribution in [2.24, 2.45) is 0 Å². The van der Waals surface area contributed by atoms with Crippen molar-refractivity contribution in [3.63, 3.8) is 0 Å². The predicted octanol–water partition coefficient (Wildman–Crippen LogP) is 7.70. The minimum atomic E-state index is -4.62. The van der Waals surface area contributed by atoms with E-state index in [2.05, 4.69) is 90.1 Å². The van der Waals surface area contributed by atoms with Crippen LogP contribution >= 0.6 is 0 Å². The first-order chi connectivity index (χ1) is 25.3. The molecule has 4 aliphatic rings. The Morgan fingerprint density at radius 1 is 0.625 bits per heavy atom. The Hall–Kier alpha value is -3.25. The largest absolute Gasteiger partial charge is 1.00 e. The maximum Gasteiger partial charge on any atom is -1.00 e. The monoisotopic (exact) mass is 880 g/mol. The van der Waals surface area contributed by atoms with Crippen LogP contribution in [-0.4, -0.2) is 3.21 Å². The average Bonchev–Trinajstić information content (AvgIpc) is 3.76. The van der Waals surface area contributed by atoms with Crippen molar-refractivity contribution in [1.82, 2.24) is 0 Å². The molecule has 0 N–H and O–H groups in total. The standard InChI is InChI=1S/C27H29.C15H8F6.C5H5.2ClH.Zr/c1-16-7-9-26(3,4)24-12-18-11-19-13-25-21(17(2)8-10-27(25,5)6)15-23(19)22(18)14-20(16)24;16-14(17,18)12-5-1-3-10(8-12)7-11-4-2-6-13(9-11)15(19,20)21;1-2-4-5-3-1;;;/h7-8,11-15H,9-10H2,1-6H3;1-6,8-9H;1-3H,4H2;2*1H;/q;;;;;+2/p-2. The van der Waals surface area contributed by atoms with Crippen LogP contribution in [0.15, 0.2) is 106 Å². The molecule has 0 atom stereocenters. The average molecular weight is 883 g/mol. The predicted molar refractivity (Wildman–Crippen MR) is 204 cm³/mol. The van der Waals surface area contributed by atoms with E-state index >= 15 is 0 Å². The van der Waals surface area contributed by atoms with Crippen molar-refractivity contribution in [2.75, 3.05) is 0 Å². The van der Waals surface area contributed by atoms with Crippen LogP contribution in [0.25, 0.3) is 22.3 Å². The molecule has 0 radical (unpaired) electrons. The summed E-state index contributed by atoms with van der Waals surface area (Å²) in [4.78, 5) is 0. The van der Waals surface area contributed by atoms with Gasteiger partial charge in [0, 0.05) is 0 Å². The molecule has 56 heavy (non-hydrogen) atoms. The van der Waals surface area contributed by atoms with Gasteiger partial charge in [0.15, 0.2) is 0 Å². The summed E-state index contributed by atoms with van der Waals surface area (Å²) in [6.07, 6.45) is 3.89. The van der Waals surface area contributed by atoms with Crippen molar-refractivity contribution in [2.45, 2.75) is 87.6 Å². The molecule has 0 bridgehead atoms. The molecule has 0 spiro atoms. The summed E-state index contributed by atoms with van der Waals surface area (Å²) in [6.45, 7) is 13.3. The second-order valence-electron chi connectivity index (χ2n) is 16.6. The molecule has 8 rings (SSSR count). The number of hydrogen-bond acceptors (Lipinski definition) is 0. The quantitative estimate of drug-likeness (QED) is 0.185. The van der Waals surface area contributed by atoms with Gasteiger partial charge in [-0.05, 0) is 0 Å². The van der Waals surface area contributed by atoms with E-state index in [0.29, 0.717) is 20.8 Å². The molecule has 0 heterocycles. The van der Waals surface area contributed by atoms with Gasteiger partial charge < -0.3 is 24.8 Å². The Balaban J connectivity index is 0.00000266. The van der Waals surface area contributed by atoms with Gasteiger partial charge in [0.05, 0.1) is 0 Å². The number of hydrogen-bond donors (Lipinski definition) is 0. The molecule has 0 amide bonds. The second kappa shape index (κ2) is 14.8. The maximum absolute atomic E-state index is 14.4. The Morgan fingerprint density at radius 2 is 1.07 bits per heavy atom. The summed E-state index contributed by atoms with van der Waals surface area (Å²) in [5, 5.41) is 0. The van der Waals surface area contributed by atoms with Crippen LogP contribution in [-0.2, 0) is 44.4 Å². The van der Waals surface area contributed by atoms with Crippen molar-refractivity contribution in [3.05, 3.63) is 162 Å². The molecule has 0 nitrogen and oxygen atoms in total. The van der Waals surface area contributed by atoms with Gasteiger partial charge in [-0.3, -0.25) is 0 Å². The van der Waals surface area contributed by atoms with Gasteiger partial charge in [0.1, 0.15) is 0 Å². The first-order valence-electron chi connectivity index (χ1n) is 18.5. The number of rotatable bonds is 4. The summed E-state index contributed by atoms with van der Waals surface area (Å²) in [5.41, 5.74) is 10.6. The van der Waals surface area contributed by atoms with E-state index in [0.717, 1.165) is 62.6 Å². The van der Waals surface area contributed by atoms with Crippen molar-refractivity contribution < 1.29 is 72.4 Å². The molecule has 4 aliphatic carbocycles. The van der Waals surface area contributed by atoms with E-state index < -0.39 is 44.7 Å². The van der Waals surface area contributed by atoms with Gasteiger partial charge in [-0.15, -0.1) is 0 Å². The Bertz CT molecular complexity index is 2270. The molecular formula is C47H42Cl2F6Zr. The van der Waals surface area contributed by atoms with Crippen molar-refractivity contribution in [3.8, 4) is 11.1 Å². The zero-order valence-corrected chi connectivity index (χ0v) is 36.0. The first-order valence-corrected chi connectivity index (χ1v) is 22.4. The van der Waals surface area contributed by atoms with E-state index in [-0.39, 0.29) is 39.3 Å². The third-order valence-electron chi connectivity index (χ3n) is 12.1. The molecule has 0 saturated carbocycles. The Morgan fingerprint density at radius 3 is 1.46 bits per heavy atom. The van der Waals surface area contributed by atoms with Crippen molar-refractivity contribution >= 4 is 14.4 Å². The summed E-state index contributed by atoms with van der Waals surface area (Å²) >= 11 is -3.68. The summed E-state index contributed by atoms with van der Waals surface area (Å²) in [7, 11) is 0. The zero-order valence-electron chi connectivity index (χ0n) is 32.0. The van der Waals surface area contributed by atoms with Gasteiger partial charge in [-0.25, -0.2) is 0 Å². The molecule has 4 aromatic rings. The zero-order chi connectivity index (χ0) is 38.5. The molecule has 4 aromatic carbocycles. The molecule has 290 valence electrons. The number of benzene rings is 4. The van der Waals surface area contributed by atoms with E-state index in [1.165, 1.54) is 45.5 Å². The molecule has 0 aliphatic heterocycles. The summed E-state index contributed by atoms with van der Waals surface area (Å²) < 4.78 is 88.0. The molecule has 0 aromatic heterocycles. The van der Waals surface area contributed by atoms with Crippen molar-refractivity contribution in [1.29, 1.82) is 0 Å². The smallest absolute Gasteiger partial charge is 1.00 e. The van der Waals surface area contributed by atoms with Crippen LogP contribution in [0.5, 0.6) is 0 Å². The number of fused-ring (bicyclic) bond motifs is 5. The third kappa shape index (κ3) is 7.24. The van der Waals surface area contributed by atoms with Crippen LogP contribution in [0.3, 0.4) is 0 Å². The van der Waals surface area contributed by atoms with Gasteiger partial charge >= 0.3 is 323 Å². The maximum atomic E-state index is 14.4. The molecule has 0 unspecified atom stereocenters. The van der Waals surface area contributed by atoms with Crippen LogP contribution in [0.2, 0.25) is 0 Å². The van der Waals surface area contributed by atoms with Gasteiger partial charge in [0.25, 0.3) is 0 Å². The number of alkyl halides is 6. The van der Waals surface area contributed by atoms with Crippen LogP contribution in [0.1, 0.15) is 120 Å². The third-order valence-corrected chi connectivity index (χ3v) is 20.4. The Labute approximate surface area is 345 Å². The fourth-order valence-electron chi connectivity index (χ4n) is 9.00. The van der Waals surface area contributed by atoms with Gasteiger partial charge in [-0.2, -0.15) is 0 Å². The first kappa shape index (κ1) is 42.4. The minimum absolute atomic E-state index is 0.